The van der Waals surface area contributed by atoms with Gasteiger partial charge in [-0.05, 0) is 47.2 Å². The third kappa shape index (κ3) is 4.21. The number of rotatable bonds is 6. The maximum Gasteiger partial charge on any atom is 0.344 e. The molecule has 0 radical (unpaired) electrons. The number of aromatic nitrogens is 1. The van der Waals surface area contributed by atoms with Crippen LogP contribution in [0.25, 0.3) is 10.9 Å². The Bertz CT molecular complexity index is 731. The van der Waals surface area contributed by atoms with Gasteiger partial charge in [0.15, 0.2) is 12.4 Å². The highest BCUT2D eigenvalue weighted by Crippen LogP contribution is 2.34. The summed E-state index contributed by atoms with van der Waals surface area (Å²) in [7, 11) is 0. The number of ether oxygens (including phenoxy) is 2. The lowest BCUT2D eigenvalue weighted by Crippen LogP contribution is -2.16. The first-order valence-corrected chi connectivity index (χ1v) is 7.97. The first-order chi connectivity index (χ1) is 10.6. The number of hydrogen-bond donors (Lipinski definition) is 0. The monoisotopic (exact) mass is 430 g/mol. The number of carbonyl (C=O) groups excluding carboxylic acids is 1. The molecule has 1 heterocycles. The van der Waals surface area contributed by atoms with Crippen LogP contribution >= 0.6 is 34.2 Å². The zero-order chi connectivity index (χ0) is 15.9. The van der Waals surface area contributed by atoms with Crippen LogP contribution in [-0.2, 0) is 9.53 Å². The van der Waals surface area contributed by atoms with Gasteiger partial charge in [-0.15, -0.1) is 0 Å². The molecule has 0 bridgehead atoms. The number of pyridine rings is 1. The molecular weight excluding hydrogens is 419 g/mol. The van der Waals surface area contributed by atoms with Crippen LogP contribution < -0.4 is 4.74 Å². The van der Waals surface area contributed by atoms with Crippen LogP contribution in [0.2, 0.25) is 5.02 Å². The van der Waals surface area contributed by atoms with E-state index in [2.05, 4.69) is 27.6 Å². The predicted octanol–water partition coefficient (Wildman–Crippen LogP) is 3.72. The van der Waals surface area contributed by atoms with Crippen molar-refractivity contribution < 1.29 is 14.3 Å². The van der Waals surface area contributed by atoms with E-state index in [-0.39, 0.29) is 13.2 Å². The van der Waals surface area contributed by atoms with Crippen molar-refractivity contribution in [2.24, 2.45) is 0 Å². The van der Waals surface area contributed by atoms with Gasteiger partial charge in [-0.25, -0.2) is 4.79 Å². The van der Waals surface area contributed by atoms with Crippen molar-refractivity contribution in [1.82, 2.24) is 4.98 Å². The van der Waals surface area contributed by atoms with Gasteiger partial charge < -0.3 is 9.47 Å². The smallest absolute Gasteiger partial charge is 0.344 e. The van der Waals surface area contributed by atoms with E-state index in [0.29, 0.717) is 29.1 Å². The van der Waals surface area contributed by atoms with Crippen molar-refractivity contribution >= 4 is 51.1 Å². The van der Waals surface area contributed by atoms with E-state index in [9.17, 15) is 4.79 Å². The lowest BCUT2D eigenvalue weighted by Gasteiger charge is -2.11. The van der Waals surface area contributed by atoms with Crippen LogP contribution in [0.4, 0.5) is 0 Å². The Labute approximate surface area is 146 Å². The Kier molecular flexibility index (Phi) is 6.21. The van der Waals surface area contributed by atoms with E-state index in [0.717, 1.165) is 8.96 Å². The third-order valence-electron chi connectivity index (χ3n) is 2.78. The Hall–Kier alpha value is -1.59. The van der Waals surface area contributed by atoms with E-state index >= 15 is 0 Å². The molecule has 0 unspecified atom stereocenters. The van der Waals surface area contributed by atoms with E-state index in [1.165, 1.54) is 0 Å². The van der Waals surface area contributed by atoms with Crippen molar-refractivity contribution in [3.05, 3.63) is 33.0 Å². The minimum atomic E-state index is -0.479. The van der Waals surface area contributed by atoms with Crippen LogP contribution in [0.15, 0.2) is 24.4 Å². The fraction of sp³-hybridized carbons (Fsp3) is 0.267. The quantitative estimate of drug-likeness (QED) is 0.397. The highest BCUT2D eigenvalue weighted by Gasteiger charge is 2.14. The number of esters is 1. The van der Waals surface area contributed by atoms with Gasteiger partial charge in [-0.2, -0.15) is 5.26 Å². The lowest BCUT2D eigenvalue weighted by molar-refractivity contribution is -0.146. The standard InChI is InChI=1S/C15H12ClIN2O3/c16-11-8-12(17)15(14-10(11)4-3-6-19-14)22-9-13(20)21-7-2-1-5-18/h3-4,6,8H,1-2,7,9H2. The van der Waals surface area contributed by atoms with Crippen LogP contribution in [0, 0.1) is 14.9 Å². The highest BCUT2D eigenvalue weighted by molar-refractivity contribution is 14.1. The maximum atomic E-state index is 11.6. The molecule has 0 aliphatic heterocycles. The summed E-state index contributed by atoms with van der Waals surface area (Å²) in [6.45, 7) is 0.00230. The highest BCUT2D eigenvalue weighted by atomic mass is 127. The second-order valence-electron chi connectivity index (χ2n) is 4.34. The summed E-state index contributed by atoms with van der Waals surface area (Å²) in [5.74, 6) is 0.0299. The first-order valence-electron chi connectivity index (χ1n) is 6.51. The van der Waals surface area contributed by atoms with Crippen molar-refractivity contribution in [1.29, 1.82) is 5.26 Å². The van der Waals surface area contributed by atoms with Gasteiger partial charge in [0.2, 0.25) is 0 Å². The molecule has 0 N–H and O–H groups in total. The molecule has 0 aliphatic carbocycles. The summed E-state index contributed by atoms with van der Waals surface area (Å²) in [5.41, 5.74) is 0.608. The number of unbranched alkanes of at least 4 members (excludes halogenated alkanes) is 1. The molecule has 0 spiro atoms. The van der Waals surface area contributed by atoms with Crippen molar-refractivity contribution in [3.63, 3.8) is 0 Å². The van der Waals surface area contributed by atoms with Gasteiger partial charge in [-0.1, -0.05) is 11.6 Å². The molecule has 2 aromatic rings. The fourth-order valence-electron chi connectivity index (χ4n) is 1.79. The molecule has 0 saturated carbocycles. The van der Waals surface area contributed by atoms with Crippen molar-refractivity contribution in [2.75, 3.05) is 13.2 Å². The second kappa shape index (κ2) is 8.15. The maximum absolute atomic E-state index is 11.6. The zero-order valence-electron chi connectivity index (χ0n) is 11.5. The molecule has 114 valence electrons. The number of nitriles is 1. The molecule has 1 aromatic carbocycles. The van der Waals surface area contributed by atoms with Gasteiger partial charge >= 0.3 is 5.97 Å². The van der Waals surface area contributed by atoms with Crippen LogP contribution in [-0.4, -0.2) is 24.2 Å². The molecule has 0 amide bonds. The Morgan fingerprint density at radius 2 is 2.32 bits per heavy atom. The van der Waals surface area contributed by atoms with Crippen LogP contribution in [0.3, 0.4) is 0 Å². The van der Waals surface area contributed by atoms with Crippen molar-refractivity contribution in [3.8, 4) is 11.8 Å². The first kappa shape index (κ1) is 16.8. The number of nitrogens with zero attached hydrogens (tertiary/aromatic N) is 2. The largest absolute Gasteiger partial charge is 0.478 e. The summed E-state index contributed by atoms with van der Waals surface area (Å²) in [6, 6.07) is 7.38. The molecular formula is C15H12ClIN2O3. The molecule has 0 aliphatic rings. The third-order valence-corrected chi connectivity index (χ3v) is 3.89. The summed E-state index contributed by atoms with van der Waals surface area (Å²) < 4.78 is 11.3. The fourth-order valence-corrected chi connectivity index (χ4v) is 2.96. The minimum absolute atomic E-state index is 0.212. The SMILES string of the molecule is N#CCCCOC(=O)COc1c(I)cc(Cl)c2cccnc12. The molecule has 2 rings (SSSR count). The van der Waals surface area contributed by atoms with Gasteiger partial charge in [-0.3, -0.25) is 4.98 Å². The minimum Gasteiger partial charge on any atom is -0.478 e. The summed E-state index contributed by atoms with van der Waals surface area (Å²) in [5, 5.41) is 9.75. The molecule has 7 heteroatoms. The summed E-state index contributed by atoms with van der Waals surface area (Å²) in [6.07, 6.45) is 2.52. The molecule has 0 fully saturated rings. The van der Waals surface area contributed by atoms with Crippen LogP contribution in [0.5, 0.6) is 5.75 Å². The number of fused-ring (bicyclic) bond motifs is 1. The Balaban J connectivity index is 2.06. The van der Waals surface area contributed by atoms with E-state index in [4.69, 9.17) is 26.3 Å². The van der Waals surface area contributed by atoms with Gasteiger partial charge in [0.1, 0.15) is 5.52 Å². The number of benzene rings is 1. The Morgan fingerprint density at radius 1 is 1.50 bits per heavy atom. The van der Waals surface area contributed by atoms with E-state index in [1.807, 2.05) is 12.1 Å². The summed E-state index contributed by atoms with van der Waals surface area (Å²) in [4.78, 5) is 15.9. The van der Waals surface area contributed by atoms with Crippen LogP contribution in [0.1, 0.15) is 12.8 Å². The number of halogens is 2. The lowest BCUT2D eigenvalue weighted by atomic mass is 10.2. The predicted molar refractivity (Wildman–Crippen MR) is 90.8 cm³/mol. The van der Waals surface area contributed by atoms with Gasteiger partial charge in [0, 0.05) is 18.0 Å². The van der Waals surface area contributed by atoms with Crippen molar-refractivity contribution in [2.45, 2.75) is 12.8 Å². The van der Waals surface area contributed by atoms with E-state index < -0.39 is 5.97 Å². The summed E-state index contributed by atoms with van der Waals surface area (Å²) >= 11 is 8.26. The molecule has 0 atom stereocenters. The average Bonchev–Trinajstić information content (AvgIpc) is 2.51. The molecule has 0 saturated heterocycles. The van der Waals surface area contributed by atoms with Gasteiger partial charge in [0.25, 0.3) is 0 Å². The Morgan fingerprint density at radius 3 is 3.09 bits per heavy atom. The second-order valence-corrected chi connectivity index (χ2v) is 5.91. The average molecular weight is 431 g/mol. The molecule has 22 heavy (non-hydrogen) atoms. The van der Waals surface area contributed by atoms with E-state index in [1.54, 1.807) is 18.3 Å². The zero-order valence-corrected chi connectivity index (χ0v) is 14.4. The molecule has 1 aromatic heterocycles. The number of hydrogen-bond acceptors (Lipinski definition) is 5. The van der Waals surface area contributed by atoms with Gasteiger partial charge in [0.05, 0.1) is 21.3 Å². The molecule has 5 nitrogen and oxygen atoms in total. The number of carbonyl (C=O) groups is 1. The topological polar surface area (TPSA) is 72.2 Å². The normalized spacial score (nSPS) is 10.2.